The van der Waals surface area contributed by atoms with Crippen LogP contribution in [0.1, 0.15) is 4.88 Å². The molecule has 0 aliphatic carbocycles. The van der Waals surface area contributed by atoms with Crippen LogP contribution in [0.4, 0.5) is 5.69 Å². The van der Waals surface area contributed by atoms with Crippen molar-refractivity contribution in [2.75, 3.05) is 5.73 Å². The molecular weight excluding hydrogens is 294 g/mol. The molecule has 0 unspecified atom stereocenters. The Labute approximate surface area is 103 Å². The number of rotatable bonds is 2. The van der Waals surface area contributed by atoms with Crippen molar-refractivity contribution in [3.05, 3.63) is 47.8 Å². The summed E-state index contributed by atoms with van der Waals surface area (Å²) in [4.78, 5) is 25.7. The van der Waals surface area contributed by atoms with E-state index in [1.54, 1.807) is 0 Å². The van der Waals surface area contributed by atoms with Crippen LogP contribution in [-0.4, -0.2) is 9.55 Å². The molecule has 0 aromatic carbocycles. The van der Waals surface area contributed by atoms with Crippen LogP contribution in [0.5, 0.6) is 0 Å². The van der Waals surface area contributed by atoms with Crippen LogP contribution in [0.2, 0.25) is 0 Å². The Morgan fingerprint density at radius 3 is 2.88 bits per heavy atom. The summed E-state index contributed by atoms with van der Waals surface area (Å²) in [5.41, 5.74) is 4.47. The van der Waals surface area contributed by atoms with Gasteiger partial charge >= 0.3 is 5.69 Å². The molecule has 16 heavy (non-hydrogen) atoms. The van der Waals surface area contributed by atoms with Gasteiger partial charge in [0.2, 0.25) is 0 Å². The second kappa shape index (κ2) is 4.26. The smallest absolute Gasteiger partial charge is 0.328 e. The average molecular weight is 302 g/mol. The minimum Gasteiger partial charge on any atom is -0.393 e. The molecule has 2 rings (SSSR count). The molecule has 0 saturated carbocycles. The van der Waals surface area contributed by atoms with Gasteiger partial charge in [0.05, 0.1) is 6.54 Å². The summed E-state index contributed by atoms with van der Waals surface area (Å²) in [6, 6.07) is 1.90. The molecule has 5 nitrogen and oxygen atoms in total. The van der Waals surface area contributed by atoms with Crippen molar-refractivity contribution in [3.63, 3.8) is 0 Å². The Kier molecular flexibility index (Phi) is 2.97. The summed E-state index contributed by atoms with van der Waals surface area (Å²) >= 11 is 4.90. The zero-order chi connectivity index (χ0) is 11.7. The number of halogens is 1. The lowest BCUT2D eigenvalue weighted by molar-refractivity contribution is 0.730. The van der Waals surface area contributed by atoms with Gasteiger partial charge in [-0.1, -0.05) is 0 Å². The average Bonchev–Trinajstić information content (AvgIpc) is 2.61. The van der Waals surface area contributed by atoms with Gasteiger partial charge in [-0.2, -0.15) is 0 Å². The molecule has 3 N–H and O–H groups in total. The predicted molar refractivity (Wildman–Crippen MR) is 66.9 cm³/mol. The molecule has 2 heterocycles. The zero-order valence-electron chi connectivity index (χ0n) is 8.07. The predicted octanol–water partition coefficient (Wildman–Crippen LogP) is 0.991. The molecule has 0 saturated heterocycles. The van der Waals surface area contributed by atoms with Gasteiger partial charge in [-0.15, -0.1) is 11.3 Å². The van der Waals surface area contributed by atoms with Gasteiger partial charge in [0.1, 0.15) is 5.69 Å². The van der Waals surface area contributed by atoms with Crippen LogP contribution in [0, 0.1) is 0 Å². The van der Waals surface area contributed by atoms with Gasteiger partial charge in [0.15, 0.2) is 0 Å². The highest BCUT2D eigenvalue weighted by Gasteiger charge is 2.05. The van der Waals surface area contributed by atoms with Crippen molar-refractivity contribution < 1.29 is 0 Å². The van der Waals surface area contributed by atoms with Crippen LogP contribution >= 0.6 is 27.3 Å². The van der Waals surface area contributed by atoms with E-state index in [2.05, 4.69) is 20.9 Å². The maximum atomic E-state index is 11.5. The number of thiophene rings is 1. The minimum atomic E-state index is -0.550. The first-order valence-electron chi connectivity index (χ1n) is 4.39. The molecular formula is C9H8BrN3O2S. The normalized spacial score (nSPS) is 10.6. The monoisotopic (exact) mass is 301 g/mol. The van der Waals surface area contributed by atoms with E-state index in [1.807, 2.05) is 11.4 Å². The van der Waals surface area contributed by atoms with Gasteiger partial charge < -0.3 is 5.73 Å². The standard InChI is InChI=1S/C9H8BrN3O2S/c10-5-1-2-16-7(5)4-13-3-6(11)8(14)12-9(13)15/h1-3H,4,11H2,(H,12,14,15). The molecule has 2 aromatic rings. The number of nitrogens with two attached hydrogens (primary N) is 1. The van der Waals surface area contributed by atoms with E-state index in [0.717, 1.165) is 9.35 Å². The van der Waals surface area contributed by atoms with Gasteiger partial charge in [-0.05, 0) is 27.4 Å². The maximum Gasteiger partial charge on any atom is 0.328 e. The number of H-pyrrole nitrogens is 1. The summed E-state index contributed by atoms with van der Waals surface area (Å²) in [5, 5.41) is 1.92. The summed E-state index contributed by atoms with van der Waals surface area (Å²) < 4.78 is 2.31. The van der Waals surface area contributed by atoms with Crippen LogP contribution in [0.25, 0.3) is 0 Å². The first kappa shape index (κ1) is 11.2. The fourth-order valence-electron chi connectivity index (χ4n) is 1.24. The minimum absolute atomic E-state index is 0.0345. The highest BCUT2D eigenvalue weighted by molar-refractivity contribution is 9.10. The van der Waals surface area contributed by atoms with Crippen molar-refractivity contribution >= 4 is 33.0 Å². The molecule has 0 atom stereocenters. The number of hydrogen-bond acceptors (Lipinski definition) is 4. The summed E-state index contributed by atoms with van der Waals surface area (Å²) in [7, 11) is 0. The van der Waals surface area contributed by atoms with E-state index in [4.69, 9.17) is 5.73 Å². The van der Waals surface area contributed by atoms with E-state index in [-0.39, 0.29) is 5.69 Å². The second-order valence-corrected chi connectivity index (χ2v) is 5.02. The molecule has 84 valence electrons. The number of nitrogen functional groups attached to an aromatic ring is 1. The highest BCUT2D eigenvalue weighted by Crippen LogP contribution is 2.22. The first-order valence-corrected chi connectivity index (χ1v) is 6.06. The zero-order valence-corrected chi connectivity index (χ0v) is 10.5. The van der Waals surface area contributed by atoms with Crippen molar-refractivity contribution in [3.8, 4) is 0 Å². The Morgan fingerprint density at radius 1 is 1.50 bits per heavy atom. The Balaban J connectivity index is 2.43. The van der Waals surface area contributed by atoms with E-state index >= 15 is 0 Å². The molecule has 0 bridgehead atoms. The quantitative estimate of drug-likeness (QED) is 0.868. The number of nitrogens with zero attached hydrogens (tertiary/aromatic N) is 1. The van der Waals surface area contributed by atoms with Crippen LogP contribution in [-0.2, 0) is 6.54 Å². The lowest BCUT2D eigenvalue weighted by atomic mass is 10.4. The molecule has 0 aliphatic heterocycles. The summed E-state index contributed by atoms with van der Waals surface area (Å²) in [5.74, 6) is 0. The van der Waals surface area contributed by atoms with Crippen LogP contribution in [0.15, 0.2) is 31.7 Å². The third-order valence-electron chi connectivity index (χ3n) is 2.04. The lowest BCUT2D eigenvalue weighted by Gasteiger charge is -2.04. The van der Waals surface area contributed by atoms with Gasteiger partial charge in [-0.3, -0.25) is 14.3 Å². The van der Waals surface area contributed by atoms with Crippen molar-refractivity contribution in [1.82, 2.24) is 9.55 Å². The molecule has 2 aromatic heterocycles. The summed E-state index contributed by atoms with van der Waals surface area (Å²) in [6.07, 6.45) is 1.35. The van der Waals surface area contributed by atoms with E-state index in [0.29, 0.717) is 6.54 Å². The molecule has 7 heteroatoms. The molecule has 0 amide bonds. The van der Waals surface area contributed by atoms with Crippen molar-refractivity contribution in [2.24, 2.45) is 0 Å². The number of nitrogens with one attached hydrogen (secondary N) is 1. The number of hydrogen-bond donors (Lipinski definition) is 2. The van der Waals surface area contributed by atoms with Crippen molar-refractivity contribution in [2.45, 2.75) is 6.54 Å². The Morgan fingerprint density at radius 2 is 2.25 bits per heavy atom. The second-order valence-electron chi connectivity index (χ2n) is 3.16. The van der Waals surface area contributed by atoms with E-state index < -0.39 is 11.2 Å². The van der Waals surface area contributed by atoms with Gasteiger partial charge in [-0.25, -0.2) is 4.79 Å². The Hall–Kier alpha value is -1.34. The molecule has 0 fully saturated rings. The Bertz CT molecular complexity index is 628. The largest absolute Gasteiger partial charge is 0.393 e. The maximum absolute atomic E-state index is 11.5. The number of aromatic amines is 1. The highest BCUT2D eigenvalue weighted by atomic mass is 79.9. The van der Waals surface area contributed by atoms with Crippen LogP contribution < -0.4 is 17.0 Å². The fourth-order valence-corrected chi connectivity index (χ4v) is 2.71. The topological polar surface area (TPSA) is 80.9 Å². The van der Waals surface area contributed by atoms with Crippen LogP contribution in [0.3, 0.4) is 0 Å². The van der Waals surface area contributed by atoms with E-state index in [9.17, 15) is 9.59 Å². The molecule has 0 aliphatic rings. The third-order valence-corrected chi connectivity index (χ3v) is 3.95. The summed E-state index contributed by atoms with van der Waals surface area (Å²) in [6.45, 7) is 0.387. The SMILES string of the molecule is Nc1cn(Cc2sccc2Br)c(=O)[nH]c1=O. The van der Waals surface area contributed by atoms with Gasteiger partial charge in [0.25, 0.3) is 5.56 Å². The first-order chi connectivity index (χ1) is 7.58. The molecule has 0 spiro atoms. The van der Waals surface area contributed by atoms with Crippen molar-refractivity contribution in [1.29, 1.82) is 0 Å². The van der Waals surface area contributed by atoms with Gasteiger partial charge in [0, 0.05) is 15.5 Å². The number of anilines is 1. The number of aromatic nitrogens is 2. The van der Waals surface area contributed by atoms with E-state index in [1.165, 1.54) is 22.1 Å². The fraction of sp³-hybridized carbons (Fsp3) is 0.111. The third kappa shape index (κ3) is 2.10. The molecule has 0 radical (unpaired) electrons. The lowest BCUT2D eigenvalue weighted by Crippen LogP contribution is -2.31.